The Bertz CT molecular complexity index is 924. The molecule has 1 heterocycles. The van der Waals surface area contributed by atoms with Crippen molar-refractivity contribution >= 4 is 38.3 Å². The standard InChI is InChI=1S/C13H9ClFN3O2S/c14-10-7-8(5-6-11(10)15)21(19,20)18-13-9-3-1-2-4-12(9)16-17-13/h1-7H,(H2,16,17,18). The van der Waals surface area contributed by atoms with Crippen LogP contribution in [-0.2, 0) is 10.0 Å². The Kier molecular flexibility index (Phi) is 3.30. The molecule has 0 saturated heterocycles. The maximum absolute atomic E-state index is 13.1. The zero-order chi connectivity index (χ0) is 15.0. The van der Waals surface area contributed by atoms with Gasteiger partial charge in [0.25, 0.3) is 10.0 Å². The molecule has 0 atom stereocenters. The Hall–Kier alpha value is -2.12. The number of para-hydroxylation sites is 1. The maximum atomic E-state index is 13.1. The van der Waals surface area contributed by atoms with Crippen molar-refractivity contribution in [2.75, 3.05) is 4.72 Å². The molecule has 2 aromatic carbocycles. The molecule has 0 aliphatic carbocycles. The fraction of sp³-hybridized carbons (Fsp3) is 0. The first-order valence-electron chi connectivity index (χ1n) is 5.88. The summed E-state index contributed by atoms with van der Waals surface area (Å²) >= 11 is 5.61. The van der Waals surface area contributed by atoms with Gasteiger partial charge in [-0.1, -0.05) is 23.7 Å². The first-order valence-corrected chi connectivity index (χ1v) is 7.74. The van der Waals surface area contributed by atoms with Gasteiger partial charge in [-0.05, 0) is 30.3 Å². The van der Waals surface area contributed by atoms with E-state index in [2.05, 4.69) is 14.9 Å². The van der Waals surface area contributed by atoms with Crippen molar-refractivity contribution in [1.82, 2.24) is 10.2 Å². The van der Waals surface area contributed by atoms with Crippen LogP contribution in [0.2, 0.25) is 5.02 Å². The molecule has 3 rings (SSSR count). The summed E-state index contributed by atoms with van der Waals surface area (Å²) < 4.78 is 40.0. The molecule has 0 aliphatic heterocycles. The van der Waals surface area contributed by atoms with E-state index in [0.29, 0.717) is 10.9 Å². The summed E-state index contributed by atoms with van der Waals surface area (Å²) in [5.74, 6) is -0.508. The molecule has 108 valence electrons. The van der Waals surface area contributed by atoms with Crippen molar-refractivity contribution in [2.45, 2.75) is 4.90 Å². The Labute approximate surface area is 124 Å². The van der Waals surface area contributed by atoms with Crippen LogP contribution >= 0.6 is 11.6 Å². The van der Waals surface area contributed by atoms with Gasteiger partial charge in [0.2, 0.25) is 0 Å². The molecule has 21 heavy (non-hydrogen) atoms. The van der Waals surface area contributed by atoms with Gasteiger partial charge in [0.05, 0.1) is 15.4 Å². The lowest BCUT2D eigenvalue weighted by atomic mass is 10.2. The maximum Gasteiger partial charge on any atom is 0.263 e. The first kappa shape index (κ1) is 13.8. The number of nitrogens with zero attached hydrogens (tertiary/aromatic N) is 1. The van der Waals surface area contributed by atoms with E-state index in [4.69, 9.17) is 11.6 Å². The smallest absolute Gasteiger partial charge is 0.263 e. The number of benzene rings is 2. The molecule has 0 amide bonds. The highest BCUT2D eigenvalue weighted by Crippen LogP contribution is 2.24. The third kappa shape index (κ3) is 2.57. The van der Waals surface area contributed by atoms with E-state index in [9.17, 15) is 12.8 Å². The number of hydrogen-bond donors (Lipinski definition) is 2. The lowest BCUT2D eigenvalue weighted by Gasteiger charge is -2.06. The number of hydrogen-bond acceptors (Lipinski definition) is 3. The van der Waals surface area contributed by atoms with Gasteiger partial charge in [0, 0.05) is 5.39 Å². The Balaban J connectivity index is 2.01. The molecule has 0 spiro atoms. The zero-order valence-electron chi connectivity index (χ0n) is 10.5. The summed E-state index contributed by atoms with van der Waals surface area (Å²) in [6, 6.07) is 10.3. The Morgan fingerprint density at radius 2 is 1.95 bits per heavy atom. The normalized spacial score (nSPS) is 11.7. The van der Waals surface area contributed by atoms with Gasteiger partial charge in [-0.25, -0.2) is 12.8 Å². The van der Waals surface area contributed by atoms with Crippen molar-refractivity contribution in [3.05, 3.63) is 53.3 Å². The summed E-state index contributed by atoms with van der Waals surface area (Å²) in [7, 11) is -3.90. The molecule has 0 fully saturated rings. The van der Waals surface area contributed by atoms with Crippen LogP contribution in [0.5, 0.6) is 0 Å². The number of fused-ring (bicyclic) bond motifs is 1. The van der Waals surface area contributed by atoms with Crippen LogP contribution in [-0.4, -0.2) is 18.6 Å². The van der Waals surface area contributed by atoms with Crippen molar-refractivity contribution in [2.24, 2.45) is 0 Å². The molecule has 2 N–H and O–H groups in total. The van der Waals surface area contributed by atoms with E-state index in [0.717, 1.165) is 18.2 Å². The number of nitrogens with one attached hydrogen (secondary N) is 2. The first-order chi connectivity index (χ1) is 9.97. The predicted molar refractivity (Wildman–Crippen MR) is 78.3 cm³/mol. The van der Waals surface area contributed by atoms with Crippen LogP contribution in [0.25, 0.3) is 10.9 Å². The second-order valence-corrected chi connectivity index (χ2v) is 6.39. The predicted octanol–water partition coefficient (Wildman–Crippen LogP) is 3.16. The average Bonchev–Trinajstić information content (AvgIpc) is 2.85. The summed E-state index contributed by atoms with van der Waals surface area (Å²) in [5.41, 5.74) is 0.701. The van der Waals surface area contributed by atoms with E-state index in [1.54, 1.807) is 24.3 Å². The molecule has 5 nitrogen and oxygen atoms in total. The number of rotatable bonds is 3. The van der Waals surface area contributed by atoms with Crippen molar-refractivity contribution in [3.63, 3.8) is 0 Å². The van der Waals surface area contributed by atoms with Gasteiger partial charge in [-0.3, -0.25) is 9.82 Å². The van der Waals surface area contributed by atoms with Gasteiger partial charge in [0.15, 0.2) is 5.82 Å². The van der Waals surface area contributed by atoms with E-state index in [-0.39, 0.29) is 15.7 Å². The zero-order valence-corrected chi connectivity index (χ0v) is 12.0. The summed E-state index contributed by atoms with van der Waals surface area (Å²) in [6.07, 6.45) is 0. The highest BCUT2D eigenvalue weighted by Gasteiger charge is 2.18. The van der Waals surface area contributed by atoms with Gasteiger partial charge < -0.3 is 0 Å². The van der Waals surface area contributed by atoms with Crippen molar-refractivity contribution in [3.8, 4) is 0 Å². The Morgan fingerprint density at radius 1 is 1.19 bits per heavy atom. The minimum Gasteiger partial charge on any atom is -0.276 e. The number of anilines is 1. The number of aromatic amines is 1. The van der Waals surface area contributed by atoms with Crippen LogP contribution in [0.3, 0.4) is 0 Å². The van der Waals surface area contributed by atoms with Gasteiger partial charge in [0.1, 0.15) is 5.82 Å². The third-order valence-corrected chi connectivity index (χ3v) is 4.53. The van der Waals surface area contributed by atoms with E-state index >= 15 is 0 Å². The number of sulfonamides is 1. The van der Waals surface area contributed by atoms with Crippen molar-refractivity contribution < 1.29 is 12.8 Å². The fourth-order valence-electron chi connectivity index (χ4n) is 1.87. The second-order valence-electron chi connectivity index (χ2n) is 4.30. The molecular weight excluding hydrogens is 317 g/mol. The lowest BCUT2D eigenvalue weighted by molar-refractivity contribution is 0.599. The fourth-order valence-corrected chi connectivity index (χ4v) is 3.16. The van der Waals surface area contributed by atoms with Gasteiger partial charge in [-0.2, -0.15) is 5.10 Å². The van der Waals surface area contributed by atoms with Gasteiger partial charge >= 0.3 is 0 Å². The summed E-state index contributed by atoms with van der Waals surface area (Å²) in [6.45, 7) is 0. The molecule has 8 heteroatoms. The topological polar surface area (TPSA) is 74.8 Å². The Morgan fingerprint density at radius 3 is 2.71 bits per heavy atom. The highest BCUT2D eigenvalue weighted by molar-refractivity contribution is 7.92. The lowest BCUT2D eigenvalue weighted by Crippen LogP contribution is -2.13. The molecule has 0 saturated carbocycles. The van der Waals surface area contributed by atoms with E-state index in [1.165, 1.54) is 0 Å². The number of halogens is 2. The second kappa shape index (κ2) is 5.01. The summed E-state index contributed by atoms with van der Waals surface area (Å²) in [4.78, 5) is -0.138. The minimum absolute atomic E-state index is 0.138. The van der Waals surface area contributed by atoms with E-state index in [1.807, 2.05) is 0 Å². The number of H-pyrrole nitrogens is 1. The molecule has 0 bridgehead atoms. The molecule has 0 aliphatic rings. The molecule has 1 aromatic heterocycles. The van der Waals surface area contributed by atoms with Crippen LogP contribution in [0, 0.1) is 5.82 Å². The quantitative estimate of drug-likeness (QED) is 0.776. The minimum atomic E-state index is -3.90. The third-order valence-electron chi connectivity index (χ3n) is 2.90. The molecule has 0 radical (unpaired) electrons. The summed E-state index contributed by atoms with van der Waals surface area (Å²) in [5, 5.41) is 7.02. The largest absolute Gasteiger partial charge is 0.276 e. The monoisotopic (exact) mass is 325 g/mol. The molecule has 0 unspecified atom stereocenters. The van der Waals surface area contributed by atoms with Crippen LogP contribution in [0.15, 0.2) is 47.4 Å². The molecule has 3 aromatic rings. The van der Waals surface area contributed by atoms with Crippen LogP contribution in [0.4, 0.5) is 10.2 Å². The van der Waals surface area contributed by atoms with Crippen LogP contribution in [0.1, 0.15) is 0 Å². The van der Waals surface area contributed by atoms with Crippen LogP contribution < -0.4 is 4.72 Å². The van der Waals surface area contributed by atoms with E-state index < -0.39 is 15.8 Å². The van der Waals surface area contributed by atoms with Gasteiger partial charge in [-0.15, -0.1) is 0 Å². The SMILES string of the molecule is O=S(=O)(Nc1n[nH]c2ccccc12)c1ccc(F)c(Cl)c1. The average molecular weight is 326 g/mol. The number of aromatic nitrogens is 2. The highest BCUT2D eigenvalue weighted by atomic mass is 35.5. The molecular formula is C13H9ClFN3O2S. The van der Waals surface area contributed by atoms with Crippen molar-refractivity contribution in [1.29, 1.82) is 0 Å².